The van der Waals surface area contributed by atoms with Crippen LogP contribution in [0.25, 0.3) is 11.0 Å². The number of hydrogen-bond donors (Lipinski definition) is 1. The molecule has 0 saturated heterocycles. The second-order valence-electron chi connectivity index (χ2n) is 2.75. The van der Waals surface area contributed by atoms with E-state index in [2.05, 4.69) is 9.72 Å². The highest BCUT2D eigenvalue weighted by molar-refractivity contribution is 6.02. The van der Waals surface area contributed by atoms with Crippen LogP contribution in [-0.2, 0) is 4.74 Å². The number of fused-ring (bicyclic) bond motifs is 1. The van der Waals surface area contributed by atoms with E-state index in [1.807, 2.05) is 0 Å². The van der Waals surface area contributed by atoms with Gasteiger partial charge in [0, 0.05) is 17.8 Å². The lowest BCUT2D eigenvalue weighted by molar-refractivity contribution is 0.0603. The second-order valence-corrected chi connectivity index (χ2v) is 2.75. The third kappa shape index (κ3) is 1.10. The van der Waals surface area contributed by atoms with Crippen molar-refractivity contribution >= 4 is 17.0 Å². The number of methoxy groups -OCH3 is 1. The second kappa shape index (κ2) is 3.02. The molecule has 0 aliphatic rings. The fraction of sp³-hybridized carbons (Fsp3) is 0.111. The van der Waals surface area contributed by atoms with Crippen LogP contribution in [0.2, 0.25) is 0 Å². The molecule has 5 nitrogen and oxygen atoms in total. The smallest absolute Gasteiger partial charge is 0.338 e. The summed E-state index contributed by atoms with van der Waals surface area (Å²) in [5.41, 5.74) is 0.734. The maximum atomic E-state index is 11.3. The Bertz CT molecular complexity index is 490. The highest BCUT2D eigenvalue weighted by Crippen LogP contribution is 2.17. The Morgan fingerprint density at radius 1 is 1.57 bits per heavy atom. The molecular weight excluding hydrogens is 184 g/mol. The molecule has 0 spiro atoms. The molecule has 0 atom stereocenters. The van der Waals surface area contributed by atoms with Crippen molar-refractivity contribution in [3.63, 3.8) is 0 Å². The topological polar surface area (TPSA) is 64.3 Å². The molecule has 0 unspecified atom stereocenters. The molecule has 0 radical (unpaired) electrons. The summed E-state index contributed by atoms with van der Waals surface area (Å²) >= 11 is 0. The summed E-state index contributed by atoms with van der Waals surface area (Å²) in [6.07, 6.45) is 2.87. The van der Waals surface area contributed by atoms with Gasteiger partial charge in [-0.2, -0.15) is 4.73 Å². The fourth-order valence-corrected chi connectivity index (χ4v) is 1.31. The molecule has 2 aromatic heterocycles. The summed E-state index contributed by atoms with van der Waals surface area (Å²) in [7, 11) is 1.31. The van der Waals surface area contributed by atoms with E-state index >= 15 is 0 Å². The summed E-state index contributed by atoms with van der Waals surface area (Å²) < 4.78 is 5.46. The van der Waals surface area contributed by atoms with Gasteiger partial charge >= 0.3 is 5.97 Å². The molecule has 2 rings (SSSR count). The van der Waals surface area contributed by atoms with E-state index in [9.17, 15) is 10.0 Å². The van der Waals surface area contributed by atoms with E-state index in [0.717, 1.165) is 4.73 Å². The van der Waals surface area contributed by atoms with Gasteiger partial charge in [-0.05, 0) is 12.1 Å². The number of pyridine rings is 1. The largest absolute Gasteiger partial charge is 0.465 e. The SMILES string of the molecule is COC(=O)c1ccnc2c1ccn2O. The Kier molecular flexibility index (Phi) is 1.85. The minimum Gasteiger partial charge on any atom is -0.465 e. The predicted molar refractivity (Wildman–Crippen MR) is 48.3 cm³/mol. The Balaban J connectivity index is 2.71. The normalized spacial score (nSPS) is 10.4. The lowest BCUT2D eigenvalue weighted by Crippen LogP contribution is -2.02. The molecule has 5 heteroatoms. The lowest BCUT2D eigenvalue weighted by atomic mass is 10.2. The summed E-state index contributed by atoms with van der Waals surface area (Å²) in [6, 6.07) is 3.16. The van der Waals surface area contributed by atoms with Crippen LogP contribution in [-0.4, -0.2) is 28.0 Å². The Morgan fingerprint density at radius 2 is 2.36 bits per heavy atom. The molecule has 2 aromatic rings. The molecule has 0 fully saturated rings. The number of aromatic nitrogens is 2. The third-order valence-corrected chi connectivity index (χ3v) is 1.97. The monoisotopic (exact) mass is 192 g/mol. The van der Waals surface area contributed by atoms with Crippen molar-refractivity contribution in [1.82, 2.24) is 9.71 Å². The van der Waals surface area contributed by atoms with Crippen molar-refractivity contribution in [3.05, 3.63) is 30.1 Å². The molecule has 2 heterocycles. The van der Waals surface area contributed by atoms with E-state index in [4.69, 9.17) is 0 Å². The molecule has 14 heavy (non-hydrogen) atoms. The van der Waals surface area contributed by atoms with Gasteiger partial charge in [0.05, 0.1) is 12.7 Å². The molecule has 0 aliphatic heterocycles. The Hall–Kier alpha value is -2.04. The molecule has 1 N–H and O–H groups in total. The number of ether oxygens (including phenoxy) is 1. The van der Waals surface area contributed by atoms with Crippen molar-refractivity contribution in [3.8, 4) is 0 Å². The van der Waals surface area contributed by atoms with Gasteiger partial charge < -0.3 is 9.94 Å². The number of esters is 1. The van der Waals surface area contributed by atoms with Crippen LogP contribution in [0.5, 0.6) is 0 Å². The summed E-state index contributed by atoms with van der Waals surface area (Å²) in [5, 5.41) is 9.86. The van der Waals surface area contributed by atoms with Crippen LogP contribution in [0.3, 0.4) is 0 Å². The predicted octanol–water partition coefficient (Wildman–Crippen LogP) is 1.06. The minimum atomic E-state index is -0.441. The number of nitrogens with zero attached hydrogens (tertiary/aromatic N) is 2. The number of carbonyl (C=O) groups is 1. The molecule has 0 aromatic carbocycles. The van der Waals surface area contributed by atoms with Crippen molar-refractivity contribution in [2.24, 2.45) is 0 Å². The highest BCUT2D eigenvalue weighted by atomic mass is 16.5. The van der Waals surface area contributed by atoms with Crippen molar-refractivity contribution < 1.29 is 14.7 Å². The Labute approximate surface area is 79.5 Å². The molecule has 0 amide bonds. The molecular formula is C9H8N2O3. The van der Waals surface area contributed by atoms with Crippen LogP contribution in [0.15, 0.2) is 24.5 Å². The summed E-state index contributed by atoms with van der Waals surface area (Å²) in [4.78, 5) is 15.2. The van der Waals surface area contributed by atoms with E-state index in [0.29, 0.717) is 16.6 Å². The fourth-order valence-electron chi connectivity index (χ4n) is 1.31. The molecule has 0 bridgehead atoms. The Morgan fingerprint density at radius 3 is 3.07 bits per heavy atom. The van der Waals surface area contributed by atoms with Crippen LogP contribution in [0, 0.1) is 0 Å². The van der Waals surface area contributed by atoms with Gasteiger partial charge in [-0.1, -0.05) is 0 Å². The average Bonchev–Trinajstić information content (AvgIpc) is 2.59. The standard InChI is InChI=1S/C9H8N2O3/c1-14-9(12)7-2-4-10-8-6(7)3-5-11(8)13/h2-5,13H,1H3. The maximum absolute atomic E-state index is 11.3. The van der Waals surface area contributed by atoms with Gasteiger partial charge in [0.25, 0.3) is 0 Å². The van der Waals surface area contributed by atoms with Gasteiger partial charge in [-0.25, -0.2) is 9.78 Å². The first-order chi connectivity index (χ1) is 6.74. The zero-order chi connectivity index (χ0) is 10.1. The van der Waals surface area contributed by atoms with E-state index in [1.54, 1.807) is 12.1 Å². The third-order valence-electron chi connectivity index (χ3n) is 1.97. The molecule has 0 aliphatic carbocycles. The first-order valence-electron chi connectivity index (χ1n) is 3.97. The van der Waals surface area contributed by atoms with E-state index in [1.165, 1.54) is 19.5 Å². The first kappa shape index (κ1) is 8.55. The van der Waals surface area contributed by atoms with Gasteiger partial charge in [-0.3, -0.25) is 0 Å². The highest BCUT2D eigenvalue weighted by Gasteiger charge is 2.12. The maximum Gasteiger partial charge on any atom is 0.338 e. The summed E-state index contributed by atoms with van der Waals surface area (Å²) in [6.45, 7) is 0. The van der Waals surface area contributed by atoms with E-state index < -0.39 is 5.97 Å². The number of carbonyl (C=O) groups excluding carboxylic acids is 1. The van der Waals surface area contributed by atoms with E-state index in [-0.39, 0.29) is 0 Å². The first-order valence-corrected chi connectivity index (χ1v) is 3.97. The van der Waals surface area contributed by atoms with Crippen molar-refractivity contribution in [1.29, 1.82) is 0 Å². The lowest BCUT2D eigenvalue weighted by Gasteiger charge is -2.00. The van der Waals surface area contributed by atoms with Crippen molar-refractivity contribution in [2.45, 2.75) is 0 Å². The van der Waals surface area contributed by atoms with Gasteiger partial charge in [0.2, 0.25) is 0 Å². The molecule has 72 valence electrons. The van der Waals surface area contributed by atoms with Crippen LogP contribution < -0.4 is 0 Å². The van der Waals surface area contributed by atoms with Crippen LogP contribution in [0.1, 0.15) is 10.4 Å². The quantitative estimate of drug-likeness (QED) is 0.542. The summed E-state index contributed by atoms with van der Waals surface area (Å²) in [5.74, 6) is -0.441. The molecule has 0 saturated carbocycles. The van der Waals surface area contributed by atoms with Crippen LogP contribution >= 0.6 is 0 Å². The average molecular weight is 192 g/mol. The zero-order valence-corrected chi connectivity index (χ0v) is 7.47. The number of hydrogen-bond acceptors (Lipinski definition) is 4. The van der Waals surface area contributed by atoms with Gasteiger partial charge in [-0.15, -0.1) is 0 Å². The van der Waals surface area contributed by atoms with Crippen LogP contribution in [0.4, 0.5) is 0 Å². The van der Waals surface area contributed by atoms with Gasteiger partial charge in [0.1, 0.15) is 0 Å². The zero-order valence-electron chi connectivity index (χ0n) is 7.47. The minimum absolute atomic E-state index is 0.341. The van der Waals surface area contributed by atoms with Crippen molar-refractivity contribution in [2.75, 3.05) is 7.11 Å². The van der Waals surface area contributed by atoms with Gasteiger partial charge in [0.15, 0.2) is 5.65 Å². The number of rotatable bonds is 1.